The van der Waals surface area contributed by atoms with Gasteiger partial charge in [-0.15, -0.1) is 0 Å². The van der Waals surface area contributed by atoms with Crippen LogP contribution in [0.4, 0.5) is 11.4 Å². The second-order valence-corrected chi connectivity index (χ2v) is 4.28. The van der Waals surface area contributed by atoms with Gasteiger partial charge in [-0.1, -0.05) is 19.1 Å². The number of hydrogen-bond acceptors (Lipinski definition) is 3. The Morgan fingerprint density at radius 1 is 1.21 bits per heavy atom. The Kier molecular flexibility index (Phi) is 3.71. The Bertz CT molecular complexity index is 592. The summed E-state index contributed by atoms with van der Waals surface area (Å²) in [4.78, 5) is 12.0. The Morgan fingerprint density at radius 3 is 2.47 bits per heavy atom. The molecule has 2 aromatic rings. The van der Waals surface area contributed by atoms with Crippen molar-refractivity contribution in [2.24, 2.45) is 0 Å². The van der Waals surface area contributed by atoms with Crippen LogP contribution in [0.2, 0.25) is 0 Å². The first-order chi connectivity index (χ1) is 9.10. The fraction of sp³-hybridized carbons (Fsp3) is 0.133. The zero-order chi connectivity index (χ0) is 13.8. The minimum absolute atomic E-state index is 0.0242. The van der Waals surface area contributed by atoms with Gasteiger partial charge in [0, 0.05) is 11.3 Å². The average molecular weight is 256 g/mol. The molecule has 4 nitrogen and oxygen atoms in total. The van der Waals surface area contributed by atoms with Crippen LogP contribution in [0.3, 0.4) is 0 Å². The summed E-state index contributed by atoms with van der Waals surface area (Å²) in [5.41, 5.74) is 8.11. The molecular formula is C15H16N2O2. The lowest BCUT2D eigenvalue weighted by Crippen LogP contribution is -2.12. The number of nitrogens with one attached hydrogen (secondary N) is 1. The minimum Gasteiger partial charge on any atom is -0.506 e. The normalized spacial score (nSPS) is 10.2. The van der Waals surface area contributed by atoms with Crippen molar-refractivity contribution in [3.05, 3.63) is 53.6 Å². The minimum atomic E-state index is -0.254. The molecule has 0 aliphatic heterocycles. The summed E-state index contributed by atoms with van der Waals surface area (Å²) < 4.78 is 0. The number of aromatic hydroxyl groups is 1. The van der Waals surface area contributed by atoms with Gasteiger partial charge in [-0.3, -0.25) is 4.79 Å². The molecule has 0 bridgehead atoms. The van der Waals surface area contributed by atoms with Crippen molar-refractivity contribution < 1.29 is 9.90 Å². The molecule has 4 heteroatoms. The van der Waals surface area contributed by atoms with E-state index in [2.05, 4.69) is 12.2 Å². The molecule has 0 atom stereocenters. The quantitative estimate of drug-likeness (QED) is 0.584. The van der Waals surface area contributed by atoms with Crippen molar-refractivity contribution in [1.82, 2.24) is 0 Å². The van der Waals surface area contributed by atoms with Crippen molar-refractivity contribution in [3.63, 3.8) is 0 Å². The van der Waals surface area contributed by atoms with Crippen LogP contribution in [0, 0.1) is 0 Å². The number of aryl methyl sites for hydroxylation is 1. The summed E-state index contributed by atoms with van der Waals surface area (Å²) in [5, 5.41) is 12.1. The molecule has 98 valence electrons. The summed E-state index contributed by atoms with van der Waals surface area (Å²) in [6.07, 6.45) is 0.961. The number of hydrogen-bond donors (Lipinski definition) is 3. The van der Waals surface area contributed by atoms with Crippen LogP contribution < -0.4 is 11.1 Å². The number of phenols is 1. The number of rotatable bonds is 3. The molecule has 0 saturated carbocycles. The summed E-state index contributed by atoms with van der Waals surface area (Å²) in [5.74, 6) is -0.278. The molecule has 0 fully saturated rings. The van der Waals surface area contributed by atoms with Crippen molar-refractivity contribution in [1.29, 1.82) is 0 Å². The first kappa shape index (κ1) is 13.0. The van der Waals surface area contributed by atoms with E-state index >= 15 is 0 Å². The molecule has 4 N–H and O–H groups in total. The summed E-state index contributed by atoms with van der Waals surface area (Å²) in [6, 6.07) is 12.1. The lowest BCUT2D eigenvalue weighted by atomic mass is 10.1. The molecule has 0 spiro atoms. The molecule has 0 heterocycles. The Hall–Kier alpha value is -2.49. The molecule has 0 aliphatic carbocycles. The van der Waals surface area contributed by atoms with E-state index in [0.29, 0.717) is 5.56 Å². The van der Waals surface area contributed by atoms with Gasteiger partial charge in [-0.25, -0.2) is 0 Å². The van der Waals surface area contributed by atoms with Crippen molar-refractivity contribution in [2.75, 3.05) is 11.1 Å². The van der Waals surface area contributed by atoms with E-state index in [4.69, 9.17) is 5.73 Å². The standard InChI is InChI=1S/C15H16N2O2/c1-2-10-3-6-12(7-4-10)17-15(19)11-5-8-14(18)13(16)9-11/h3-9,18H,2,16H2,1H3,(H,17,19). The predicted molar refractivity (Wildman–Crippen MR) is 76.3 cm³/mol. The fourth-order valence-electron chi connectivity index (χ4n) is 1.72. The van der Waals surface area contributed by atoms with Gasteiger partial charge in [0.25, 0.3) is 5.91 Å². The van der Waals surface area contributed by atoms with Crippen LogP contribution >= 0.6 is 0 Å². The number of amides is 1. The molecule has 0 saturated heterocycles. The molecule has 19 heavy (non-hydrogen) atoms. The van der Waals surface area contributed by atoms with Crippen LogP contribution in [0.1, 0.15) is 22.8 Å². The van der Waals surface area contributed by atoms with Crippen LogP contribution in [0.5, 0.6) is 5.75 Å². The van der Waals surface area contributed by atoms with E-state index in [1.165, 1.54) is 23.8 Å². The van der Waals surface area contributed by atoms with E-state index in [0.717, 1.165) is 12.1 Å². The highest BCUT2D eigenvalue weighted by Gasteiger charge is 2.08. The largest absolute Gasteiger partial charge is 0.506 e. The molecular weight excluding hydrogens is 240 g/mol. The molecule has 2 aromatic carbocycles. The Labute approximate surface area is 111 Å². The zero-order valence-corrected chi connectivity index (χ0v) is 10.7. The van der Waals surface area contributed by atoms with Crippen LogP contribution in [-0.2, 0) is 6.42 Å². The third-order valence-corrected chi connectivity index (χ3v) is 2.91. The van der Waals surface area contributed by atoms with Crippen LogP contribution in [-0.4, -0.2) is 11.0 Å². The van der Waals surface area contributed by atoms with Crippen molar-refractivity contribution in [3.8, 4) is 5.75 Å². The van der Waals surface area contributed by atoms with Crippen molar-refractivity contribution in [2.45, 2.75) is 13.3 Å². The van der Waals surface area contributed by atoms with E-state index in [1.54, 1.807) is 0 Å². The van der Waals surface area contributed by atoms with E-state index in [-0.39, 0.29) is 17.3 Å². The second-order valence-electron chi connectivity index (χ2n) is 4.28. The monoisotopic (exact) mass is 256 g/mol. The number of carbonyl (C=O) groups is 1. The van der Waals surface area contributed by atoms with Gasteiger partial charge in [0.05, 0.1) is 5.69 Å². The number of nitrogen functional groups attached to an aromatic ring is 1. The third-order valence-electron chi connectivity index (χ3n) is 2.91. The number of nitrogens with two attached hydrogens (primary N) is 1. The number of phenolic OH excluding ortho intramolecular Hbond substituents is 1. The number of benzene rings is 2. The van der Waals surface area contributed by atoms with Crippen molar-refractivity contribution >= 4 is 17.3 Å². The van der Waals surface area contributed by atoms with E-state index in [1.807, 2.05) is 24.3 Å². The topological polar surface area (TPSA) is 75.3 Å². The number of carbonyl (C=O) groups excluding carboxylic acids is 1. The highest BCUT2D eigenvalue weighted by atomic mass is 16.3. The second kappa shape index (κ2) is 5.44. The molecule has 0 aliphatic rings. The average Bonchev–Trinajstić information content (AvgIpc) is 2.42. The smallest absolute Gasteiger partial charge is 0.255 e. The highest BCUT2D eigenvalue weighted by Crippen LogP contribution is 2.21. The van der Waals surface area contributed by atoms with Gasteiger partial charge in [0.2, 0.25) is 0 Å². The van der Waals surface area contributed by atoms with Gasteiger partial charge >= 0.3 is 0 Å². The first-order valence-corrected chi connectivity index (χ1v) is 6.09. The molecule has 1 amide bonds. The maximum atomic E-state index is 12.0. The SMILES string of the molecule is CCc1ccc(NC(=O)c2ccc(O)c(N)c2)cc1. The lowest BCUT2D eigenvalue weighted by molar-refractivity contribution is 0.102. The predicted octanol–water partition coefficient (Wildman–Crippen LogP) is 2.79. The third kappa shape index (κ3) is 3.04. The summed E-state index contributed by atoms with van der Waals surface area (Å²) >= 11 is 0. The highest BCUT2D eigenvalue weighted by molar-refractivity contribution is 6.05. The van der Waals surface area contributed by atoms with Crippen LogP contribution in [0.25, 0.3) is 0 Å². The molecule has 0 radical (unpaired) electrons. The van der Waals surface area contributed by atoms with Gasteiger partial charge in [0.1, 0.15) is 5.75 Å². The first-order valence-electron chi connectivity index (χ1n) is 6.09. The van der Waals surface area contributed by atoms with Gasteiger partial charge < -0.3 is 16.2 Å². The Morgan fingerprint density at radius 2 is 1.89 bits per heavy atom. The van der Waals surface area contributed by atoms with Crippen LogP contribution in [0.15, 0.2) is 42.5 Å². The zero-order valence-electron chi connectivity index (χ0n) is 10.7. The number of anilines is 2. The lowest BCUT2D eigenvalue weighted by Gasteiger charge is -2.07. The van der Waals surface area contributed by atoms with Gasteiger partial charge in [-0.2, -0.15) is 0 Å². The fourth-order valence-corrected chi connectivity index (χ4v) is 1.72. The maximum absolute atomic E-state index is 12.0. The molecule has 0 unspecified atom stereocenters. The van der Waals surface area contributed by atoms with E-state index in [9.17, 15) is 9.90 Å². The maximum Gasteiger partial charge on any atom is 0.255 e. The van der Waals surface area contributed by atoms with Gasteiger partial charge in [0.15, 0.2) is 0 Å². The van der Waals surface area contributed by atoms with E-state index < -0.39 is 0 Å². The summed E-state index contributed by atoms with van der Waals surface area (Å²) in [7, 11) is 0. The Balaban J connectivity index is 2.13. The molecule has 0 aromatic heterocycles. The summed E-state index contributed by atoms with van der Waals surface area (Å²) in [6.45, 7) is 2.08. The molecule has 2 rings (SSSR count). The van der Waals surface area contributed by atoms with Gasteiger partial charge in [-0.05, 0) is 42.3 Å².